The number of nitrogens with two attached hydrogens (primary N) is 1. The number of carbonyl (C=O) groups is 1. The molecule has 2 aromatic heterocycles. The van der Waals surface area contributed by atoms with Gasteiger partial charge < -0.3 is 20.5 Å². The average Bonchev–Trinajstić information content (AvgIpc) is 3.50. The fourth-order valence-electron chi connectivity index (χ4n) is 5.40. The number of nitrogens with zero attached hydrogens (tertiary/aromatic N) is 5. The molecule has 3 heterocycles. The number of aliphatic hydroxyl groups is 1. The quantitative estimate of drug-likeness (QED) is 0.261. The van der Waals surface area contributed by atoms with E-state index >= 15 is 4.39 Å². The van der Waals surface area contributed by atoms with E-state index in [1.807, 2.05) is 0 Å². The second kappa shape index (κ2) is 10.1. The molecule has 0 spiro atoms. The van der Waals surface area contributed by atoms with E-state index in [1.165, 1.54) is 29.4 Å². The van der Waals surface area contributed by atoms with Crippen molar-refractivity contribution in [3.63, 3.8) is 0 Å². The summed E-state index contributed by atoms with van der Waals surface area (Å²) in [6, 6.07) is 2.87. The fraction of sp³-hybridized carbons (Fsp3) is 0.259. The Morgan fingerprint density at radius 1 is 0.927 bits per heavy atom. The number of aromatic nitrogens is 4. The molecule has 14 heteroatoms. The van der Waals surface area contributed by atoms with Crippen LogP contribution in [0.4, 0.5) is 27.8 Å². The van der Waals surface area contributed by atoms with Crippen molar-refractivity contribution in [2.75, 3.05) is 5.73 Å². The molecule has 1 fully saturated rings. The summed E-state index contributed by atoms with van der Waals surface area (Å²) in [5.74, 6) is -9.77. The van der Waals surface area contributed by atoms with Gasteiger partial charge >= 0.3 is 0 Å². The lowest BCUT2D eigenvalue weighted by Crippen LogP contribution is -2.44. The highest BCUT2D eigenvalue weighted by Crippen LogP contribution is 2.39. The van der Waals surface area contributed by atoms with Crippen LogP contribution in [0.1, 0.15) is 31.7 Å². The molecule has 41 heavy (non-hydrogen) atoms. The normalized spacial score (nSPS) is 20.8. The van der Waals surface area contributed by atoms with E-state index in [0.717, 1.165) is 12.1 Å². The largest absolute Gasteiger partial charge is 0.451 e. The van der Waals surface area contributed by atoms with Crippen molar-refractivity contribution < 1.29 is 36.6 Å². The van der Waals surface area contributed by atoms with E-state index in [-0.39, 0.29) is 46.5 Å². The summed E-state index contributed by atoms with van der Waals surface area (Å²) in [5, 5.41) is 15.0. The van der Waals surface area contributed by atoms with Gasteiger partial charge in [0.1, 0.15) is 35.6 Å². The van der Waals surface area contributed by atoms with Gasteiger partial charge in [-0.2, -0.15) is 13.9 Å². The average molecular weight is 572 g/mol. The van der Waals surface area contributed by atoms with E-state index < -0.39 is 46.8 Å². The molecule has 1 aliphatic heterocycles. The lowest BCUT2D eigenvalue weighted by molar-refractivity contribution is -0.135. The number of rotatable bonds is 5. The minimum Gasteiger partial charge on any atom is -0.451 e. The lowest BCUT2D eigenvalue weighted by atomic mass is 9.90. The molecular formula is C27H21F5N6O3. The molecular weight excluding hydrogens is 551 g/mol. The summed E-state index contributed by atoms with van der Waals surface area (Å²) < 4.78 is 77.2. The Hall–Kier alpha value is -4.59. The third kappa shape index (κ3) is 4.53. The zero-order valence-corrected chi connectivity index (χ0v) is 21.1. The first-order valence-electron chi connectivity index (χ1n) is 12.6. The standard InChI is InChI=1S/C27H21F5N6O3/c28-16-9-14(41-25-22(31)17(29)10-18(30)23(25)32)5-6-15(16)24-21-26(33)34-11-35-27(21)38(36-24)13-3-1-12(2-4-13)37-19(39)7-8-20(37)40/h5-13,19,39H,1-4H2,(H2,33,34,35). The molecule has 1 unspecified atom stereocenters. The van der Waals surface area contributed by atoms with Crippen LogP contribution in [0.15, 0.2) is 42.7 Å². The van der Waals surface area contributed by atoms with Crippen molar-refractivity contribution in [1.82, 2.24) is 24.6 Å². The van der Waals surface area contributed by atoms with Crippen molar-refractivity contribution >= 4 is 22.8 Å². The van der Waals surface area contributed by atoms with Crippen molar-refractivity contribution in [2.24, 2.45) is 0 Å². The molecule has 212 valence electrons. The van der Waals surface area contributed by atoms with Crippen LogP contribution in [0.5, 0.6) is 11.5 Å². The van der Waals surface area contributed by atoms with E-state index in [9.17, 15) is 27.5 Å². The summed E-state index contributed by atoms with van der Waals surface area (Å²) >= 11 is 0. The molecule has 1 amide bonds. The number of aliphatic hydroxyl groups excluding tert-OH is 1. The van der Waals surface area contributed by atoms with Crippen LogP contribution in [-0.2, 0) is 4.79 Å². The van der Waals surface area contributed by atoms with Gasteiger partial charge in [0.05, 0.1) is 11.4 Å². The van der Waals surface area contributed by atoms with Crippen LogP contribution in [0, 0.1) is 29.1 Å². The van der Waals surface area contributed by atoms with Crippen LogP contribution < -0.4 is 10.5 Å². The predicted molar refractivity (Wildman–Crippen MR) is 135 cm³/mol. The zero-order chi connectivity index (χ0) is 29.0. The number of anilines is 1. The van der Waals surface area contributed by atoms with Gasteiger partial charge in [-0.05, 0) is 43.9 Å². The third-order valence-corrected chi connectivity index (χ3v) is 7.36. The Labute approximate surface area is 228 Å². The van der Waals surface area contributed by atoms with Gasteiger partial charge in [0.25, 0.3) is 0 Å². The minimum absolute atomic E-state index is 0.0358. The highest BCUT2D eigenvalue weighted by molar-refractivity contribution is 5.98. The number of ether oxygens (including phenoxy) is 1. The SMILES string of the molecule is Nc1ncnc2c1c(-c1ccc(Oc3c(F)c(F)cc(F)c3F)cc1F)nn2C1CCC(N2C(=O)C=CC2O)CC1. The van der Waals surface area contributed by atoms with Gasteiger partial charge in [-0.1, -0.05) is 0 Å². The molecule has 1 saturated carbocycles. The van der Waals surface area contributed by atoms with Gasteiger partial charge in [-0.3, -0.25) is 4.79 Å². The van der Waals surface area contributed by atoms with Gasteiger partial charge in [0.2, 0.25) is 23.3 Å². The number of carbonyl (C=O) groups excluding carboxylic acids is 1. The van der Waals surface area contributed by atoms with Crippen molar-refractivity contribution in [3.8, 4) is 22.8 Å². The number of fused-ring (bicyclic) bond motifs is 1. The number of benzene rings is 2. The maximum Gasteiger partial charge on any atom is 0.248 e. The maximum atomic E-state index is 15.4. The number of hydrogen-bond donors (Lipinski definition) is 2. The summed E-state index contributed by atoms with van der Waals surface area (Å²) in [7, 11) is 0. The summed E-state index contributed by atoms with van der Waals surface area (Å²) in [4.78, 5) is 21.9. The van der Waals surface area contributed by atoms with E-state index in [0.29, 0.717) is 31.3 Å². The minimum atomic E-state index is -1.77. The Kier molecular flexibility index (Phi) is 6.56. The first kappa shape index (κ1) is 26.6. The molecule has 2 aliphatic rings. The lowest BCUT2D eigenvalue weighted by Gasteiger charge is -2.36. The highest BCUT2D eigenvalue weighted by Gasteiger charge is 2.35. The Morgan fingerprint density at radius 3 is 2.24 bits per heavy atom. The highest BCUT2D eigenvalue weighted by atomic mass is 19.2. The van der Waals surface area contributed by atoms with Crippen LogP contribution >= 0.6 is 0 Å². The van der Waals surface area contributed by atoms with E-state index in [2.05, 4.69) is 15.1 Å². The monoisotopic (exact) mass is 572 g/mol. The molecule has 6 rings (SSSR count). The first-order valence-corrected chi connectivity index (χ1v) is 12.6. The van der Waals surface area contributed by atoms with Crippen molar-refractivity contribution in [2.45, 2.75) is 44.0 Å². The fourth-order valence-corrected chi connectivity index (χ4v) is 5.40. The van der Waals surface area contributed by atoms with E-state index in [4.69, 9.17) is 10.5 Å². The molecule has 1 atom stereocenters. The molecule has 0 radical (unpaired) electrons. The topological polar surface area (TPSA) is 119 Å². The Morgan fingerprint density at radius 2 is 1.61 bits per heavy atom. The van der Waals surface area contributed by atoms with Crippen LogP contribution in [0.3, 0.4) is 0 Å². The number of nitrogen functional groups attached to an aromatic ring is 1. The van der Waals surface area contributed by atoms with Crippen molar-refractivity contribution in [1.29, 1.82) is 0 Å². The molecule has 1 aliphatic carbocycles. The van der Waals surface area contributed by atoms with Crippen LogP contribution in [0.2, 0.25) is 0 Å². The predicted octanol–water partition coefficient (Wildman–Crippen LogP) is 4.76. The Bertz CT molecular complexity index is 1690. The second-order valence-corrected chi connectivity index (χ2v) is 9.77. The first-order chi connectivity index (χ1) is 19.6. The summed E-state index contributed by atoms with van der Waals surface area (Å²) in [6.07, 6.45) is 5.41. The number of hydrogen-bond acceptors (Lipinski definition) is 7. The summed E-state index contributed by atoms with van der Waals surface area (Å²) in [6.45, 7) is 0. The van der Waals surface area contributed by atoms with E-state index in [1.54, 1.807) is 4.68 Å². The zero-order valence-electron chi connectivity index (χ0n) is 21.1. The molecule has 4 aromatic rings. The van der Waals surface area contributed by atoms with Crippen LogP contribution in [0.25, 0.3) is 22.3 Å². The molecule has 0 saturated heterocycles. The van der Waals surface area contributed by atoms with Crippen molar-refractivity contribution in [3.05, 3.63) is 71.8 Å². The number of halogens is 5. The van der Waals surface area contributed by atoms with Gasteiger partial charge in [-0.15, -0.1) is 0 Å². The van der Waals surface area contributed by atoms with Gasteiger partial charge in [0, 0.05) is 29.8 Å². The molecule has 9 nitrogen and oxygen atoms in total. The molecule has 2 aromatic carbocycles. The smallest absolute Gasteiger partial charge is 0.248 e. The Balaban J connectivity index is 1.31. The second-order valence-electron chi connectivity index (χ2n) is 9.77. The van der Waals surface area contributed by atoms with Gasteiger partial charge in [0.15, 0.2) is 17.3 Å². The van der Waals surface area contributed by atoms with Gasteiger partial charge in [-0.25, -0.2) is 27.8 Å². The maximum absolute atomic E-state index is 15.4. The number of amides is 1. The van der Waals surface area contributed by atoms with Crippen LogP contribution in [-0.4, -0.2) is 47.9 Å². The summed E-state index contributed by atoms with van der Waals surface area (Å²) in [5.41, 5.74) is 6.54. The molecule has 0 bridgehead atoms. The molecule has 3 N–H and O–H groups in total. The third-order valence-electron chi connectivity index (χ3n) is 7.36.